The lowest BCUT2D eigenvalue weighted by atomic mass is 9.95. The van der Waals surface area contributed by atoms with Crippen LogP contribution in [-0.4, -0.2) is 13.1 Å². The molecule has 0 bridgehead atoms. The zero-order chi connectivity index (χ0) is 11.8. The first-order valence-electron chi connectivity index (χ1n) is 5.89. The summed E-state index contributed by atoms with van der Waals surface area (Å²) in [7, 11) is 1.47. The van der Waals surface area contributed by atoms with Crippen LogP contribution in [0.2, 0.25) is 0 Å². The zero-order valence-corrected chi connectivity index (χ0v) is 10.1. The number of benzene rings is 1. The molecule has 88 valence electrons. The van der Waals surface area contributed by atoms with Gasteiger partial charge in [0.05, 0.1) is 13.0 Å². The van der Waals surface area contributed by atoms with E-state index in [1.165, 1.54) is 12.7 Å². The van der Waals surface area contributed by atoms with E-state index in [-0.39, 0.29) is 11.9 Å². The van der Waals surface area contributed by atoms with E-state index in [9.17, 15) is 4.79 Å². The lowest BCUT2D eigenvalue weighted by Gasteiger charge is -2.13. The standard InChI is InChI=1S/C14H20O2/c1-3-7-13(14(15)16-2)11-10-12-8-5-4-6-9-12/h4-6,8-9,13H,3,7,10-11H2,1-2H3. The van der Waals surface area contributed by atoms with Crippen molar-refractivity contribution in [3.8, 4) is 0 Å². The molecular formula is C14H20O2. The van der Waals surface area contributed by atoms with Gasteiger partial charge in [-0.05, 0) is 24.8 Å². The van der Waals surface area contributed by atoms with E-state index in [0.717, 1.165) is 25.7 Å². The number of carbonyl (C=O) groups is 1. The predicted molar refractivity (Wildman–Crippen MR) is 65.2 cm³/mol. The molecule has 2 heteroatoms. The maximum atomic E-state index is 11.5. The normalized spacial score (nSPS) is 12.1. The molecule has 0 spiro atoms. The molecule has 1 unspecified atom stereocenters. The van der Waals surface area contributed by atoms with Crippen LogP contribution in [0.4, 0.5) is 0 Å². The predicted octanol–water partition coefficient (Wildman–Crippen LogP) is 3.21. The highest BCUT2D eigenvalue weighted by Crippen LogP contribution is 2.16. The number of esters is 1. The molecule has 0 saturated heterocycles. The Morgan fingerprint density at radius 2 is 1.94 bits per heavy atom. The summed E-state index contributed by atoms with van der Waals surface area (Å²) in [4.78, 5) is 11.5. The van der Waals surface area contributed by atoms with E-state index in [1.807, 2.05) is 18.2 Å². The van der Waals surface area contributed by atoms with Gasteiger partial charge in [-0.25, -0.2) is 0 Å². The van der Waals surface area contributed by atoms with Gasteiger partial charge in [-0.3, -0.25) is 4.79 Å². The van der Waals surface area contributed by atoms with Crippen molar-refractivity contribution in [3.05, 3.63) is 35.9 Å². The van der Waals surface area contributed by atoms with Crippen molar-refractivity contribution in [2.24, 2.45) is 5.92 Å². The molecule has 0 N–H and O–H groups in total. The summed E-state index contributed by atoms with van der Waals surface area (Å²) in [6, 6.07) is 10.3. The first kappa shape index (κ1) is 12.8. The van der Waals surface area contributed by atoms with E-state index in [2.05, 4.69) is 19.1 Å². The average Bonchev–Trinajstić information content (AvgIpc) is 2.34. The Bertz CT molecular complexity index is 306. The number of carbonyl (C=O) groups excluding carboxylic acids is 1. The summed E-state index contributed by atoms with van der Waals surface area (Å²) in [6.07, 6.45) is 3.76. The Balaban J connectivity index is 2.47. The van der Waals surface area contributed by atoms with Crippen LogP contribution in [0, 0.1) is 5.92 Å². The van der Waals surface area contributed by atoms with E-state index in [1.54, 1.807) is 0 Å². The number of hydrogen-bond acceptors (Lipinski definition) is 2. The SMILES string of the molecule is CCCC(CCc1ccccc1)C(=O)OC. The smallest absolute Gasteiger partial charge is 0.308 e. The largest absolute Gasteiger partial charge is 0.469 e. The minimum Gasteiger partial charge on any atom is -0.469 e. The summed E-state index contributed by atoms with van der Waals surface area (Å²) in [5, 5.41) is 0. The fourth-order valence-electron chi connectivity index (χ4n) is 1.88. The second-order valence-corrected chi connectivity index (χ2v) is 4.03. The van der Waals surface area contributed by atoms with Crippen molar-refractivity contribution in [3.63, 3.8) is 0 Å². The van der Waals surface area contributed by atoms with Crippen LogP contribution in [0.3, 0.4) is 0 Å². The molecule has 1 aromatic rings. The quantitative estimate of drug-likeness (QED) is 0.688. The van der Waals surface area contributed by atoms with Crippen molar-refractivity contribution in [1.29, 1.82) is 0 Å². The van der Waals surface area contributed by atoms with Crippen LogP contribution in [0.1, 0.15) is 31.7 Å². The second-order valence-electron chi connectivity index (χ2n) is 4.03. The third-order valence-electron chi connectivity index (χ3n) is 2.80. The lowest BCUT2D eigenvalue weighted by molar-refractivity contribution is -0.145. The summed E-state index contributed by atoms with van der Waals surface area (Å²) in [6.45, 7) is 2.10. The van der Waals surface area contributed by atoms with Crippen LogP contribution in [-0.2, 0) is 16.0 Å². The maximum Gasteiger partial charge on any atom is 0.308 e. The van der Waals surface area contributed by atoms with Gasteiger partial charge in [0.25, 0.3) is 0 Å². The van der Waals surface area contributed by atoms with Gasteiger partial charge in [-0.15, -0.1) is 0 Å². The molecular weight excluding hydrogens is 200 g/mol. The number of rotatable bonds is 6. The van der Waals surface area contributed by atoms with E-state index in [0.29, 0.717) is 0 Å². The van der Waals surface area contributed by atoms with Gasteiger partial charge >= 0.3 is 5.97 Å². The molecule has 0 heterocycles. The highest BCUT2D eigenvalue weighted by Gasteiger charge is 2.17. The van der Waals surface area contributed by atoms with Gasteiger partial charge in [0.15, 0.2) is 0 Å². The number of ether oxygens (including phenoxy) is 1. The van der Waals surface area contributed by atoms with E-state index >= 15 is 0 Å². The van der Waals surface area contributed by atoms with Crippen molar-refractivity contribution in [2.45, 2.75) is 32.6 Å². The number of hydrogen-bond donors (Lipinski definition) is 0. The fourth-order valence-corrected chi connectivity index (χ4v) is 1.88. The Morgan fingerprint density at radius 1 is 1.25 bits per heavy atom. The monoisotopic (exact) mass is 220 g/mol. The van der Waals surface area contributed by atoms with Crippen molar-refractivity contribution < 1.29 is 9.53 Å². The van der Waals surface area contributed by atoms with Gasteiger partial charge in [0, 0.05) is 0 Å². The molecule has 0 saturated carbocycles. The molecule has 0 amide bonds. The molecule has 0 aliphatic heterocycles. The van der Waals surface area contributed by atoms with Crippen molar-refractivity contribution in [1.82, 2.24) is 0 Å². The molecule has 0 aliphatic rings. The Hall–Kier alpha value is -1.31. The first-order valence-corrected chi connectivity index (χ1v) is 5.89. The number of methoxy groups -OCH3 is 1. The molecule has 2 nitrogen and oxygen atoms in total. The summed E-state index contributed by atoms with van der Waals surface area (Å²) < 4.78 is 4.81. The van der Waals surface area contributed by atoms with Crippen LogP contribution >= 0.6 is 0 Å². The highest BCUT2D eigenvalue weighted by molar-refractivity contribution is 5.72. The van der Waals surface area contributed by atoms with Gasteiger partial charge in [0.1, 0.15) is 0 Å². The van der Waals surface area contributed by atoms with Crippen LogP contribution in [0.5, 0.6) is 0 Å². The Morgan fingerprint density at radius 3 is 2.50 bits per heavy atom. The van der Waals surface area contributed by atoms with Gasteiger partial charge in [-0.1, -0.05) is 43.7 Å². The fraction of sp³-hybridized carbons (Fsp3) is 0.500. The molecule has 0 aromatic heterocycles. The third kappa shape index (κ3) is 4.05. The molecule has 0 fully saturated rings. The molecule has 0 aliphatic carbocycles. The first-order chi connectivity index (χ1) is 7.77. The van der Waals surface area contributed by atoms with Crippen molar-refractivity contribution in [2.75, 3.05) is 7.11 Å². The van der Waals surface area contributed by atoms with Crippen LogP contribution in [0.25, 0.3) is 0 Å². The van der Waals surface area contributed by atoms with E-state index < -0.39 is 0 Å². The van der Waals surface area contributed by atoms with Crippen LogP contribution in [0.15, 0.2) is 30.3 Å². The minimum atomic E-state index is -0.0715. The average molecular weight is 220 g/mol. The Labute approximate surface area is 97.6 Å². The maximum absolute atomic E-state index is 11.5. The van der Waals surface area contributed by atoms with Gasteiger partial charge in [0.2, 0.25) is 0 Å². The minimum absolute atomic E-state index is 0.0511. The Kier molecular flexibility index (Phi) is 5.62. The van der Waals surface area contributed by atoms with Crippen LogP contribution < -0.4 is 0 Å². The lowest BCUT2D eigenvalue weighted by Crippen LogP contribution is -2.16. The summed E-state index contributed by atoms with van der Waals surface area (Å²) >= 11 is 0. The second kappa shape index (κ2) is 7.04. The molecule has 0 radical (unpaired) electrons. The third-order valence-corrected chi connectivity index (χ3v) is 2.80. The van der Waals surface area contributed by atoms with E-state index in [4.69, 9.17) is 4.74 Å². The van der Waals surface area contributed by atoms with Gasteiger partial charge < -0.3 is 4.74 Å². The summed E-state index contributed by atoms with van der Waals surface area (Å²) in [5.74, 6) is -0.0204. The zero-order valence-electron chi connectivity index (χ0n) is 10.1. The molecule has 16 heavy (non-hydrogen) atoms. The highest BCUT2D eigenvalue weighted by atomic mass is 16.5. The van der Waals surface area contributed by atoms with Crippen molar-refractivity contribution >= 4 is 5.97 Å². The van der Waals surface area contributed by atoms with Gasteiger partial charge in [-0.2, -0.15) is 0 Å². The molecule has 1 aromatic carbocycles. The number of aryl methyl sites for hydroxylation is 1. The molecule has 1 rings (SSSR count). The topological polar surface area (TPSA) is 26.3 Å². The molecule has 1 atom stereocenters. The summed E-state index contributed by atoms with van der Waals surface area (Å²) in [5.41, 5.74) is 1.28.